The first-order valence-corrected chi connectivity index (χ1v) is 13.4. The molecule has 6 rings (SSSR count). The summed E-state index contributed by atoms with van der Waals surface area (Å²) in [5, 5.41) is 23.4. The predicted molar refractivity (Wildman–Crippen MR) is 127 cm³/mol. The molecule has 15 heteroatoms. The van der Waals surface area contributed by atoms with Gasteiger partial charge in [0.15, 0.2) is 11.5 Å². The summed E-state index contributed by atoms with van der Waals surface area (Å²) in [6.07, 6.45) is -3.00. The van der Waals surface area contributed by atoms with Crippen molar-refractivity contribution < 1.29 is 26.7 Å². The van der Waals surface area contributed by atoms with Crippen molar-refractivity contribution in [3.8, 4) is 17.3 Å². The molecule has 11 nitrogen and oxygen atoms in total. The van der Waals surface area contributed by atoms with E-state index >= 15 is 0 Å². The van der Waals surface area contributed by atoms with Crippen LogP contribution >= 0.6 is 0 Å². The van der Waals surface area contributed by atoms with Crippen molar-refractivity contribution in [3.05, 3.63) is 35.8 Å². The summed E-state index contributed by atoms with van der Waals surface area (Å²) in [6, 6.07) is 5.77. The third-order valence-corrected chi connectivity index (χ3v) is 9.73. The minimum atomic E-state index is -4.84. The number of fused-ring (bicyclic) bond motifs is 3. The van der Waals surface area contributed by atoms with Crippen molar-refractivity contribution in [2.24, 2.45) is 5.92 Å². The first-order chi connectivity index (χ1) is 17.9. The van der Waals surface area contributed by atoms with E-state index in [4.69, 9.17) is 11.0 Å². The number of likely N-dealkylation sites (tertiary alicyclic amines) is 1. The minimum Gasteiger partial charge on any atom is -0.390 e. The molecule has 3 aliphatic rings. The van der Waals surface area contributed by atoms with Gasteiger partial charge in [0.05, 0.1) is 41.0 Å². The van der Waals surface area contributed by atoms with Crippen molar-refractivity contribution in [2.75, 3.05) is 18.8 Å². The number of nitrogens with two attached hydrogens (primary N) is 1. The van der Waals surface area contributed by atoms with Crippen LogP contribution in [0.2, 0.25) is 0 Å². The second-order valence-electron chi connectivity index (χ2n) is 10.0. The molecule has 3 atom stereocenters. The van der Waals surface area contributed by atoms with Crippen LogP contribution in [0.25, 0.3) is 16.9 Å². The van der Waals surface area contributed by atoms with Crippen LogP contribution in [0.4, 0.5) is 19.0 Å². The van der Waals surface area contributed by atoms with Crippen molar-refractivity contribution in [3.63, 3.8) is 0 Å². The fourth-order valence-corrected chi connectivity index (χ4v) is 7.42. The number of aromatic nitrogens is 4. The van der Waals surface area contributed by atoms with E-state index in [1.807, 2.05) is 0 Å². The quantitative estimate of drug-likeness (QED) is 0.493. The molecule has 3 fully saturated rings. The average Bonchev–Trinajstić information content (AvgIpc) is 3.49. The third kappa shape index (κ3) is 3.66. The Kier molecular flexibility index (Phi) is 5.48. The summed E-state index contributed by atoms with van der Waals surface area (Å²) >= 11 is 0. The minimum absolute atomic E-state index is 0.00505. The van der Waals surface area contributed by atoms with Gasteiger partial charge in [-0.15, -0.1) is 5.10 Å². The Morgan fingerprint density at radius 1 is 1.21 bits per heavy atom. The van der Waals surface area contributed by atoms with Crippen molar-refractivity contribution >= 4 is 21.5 Å². The van der Waals surface area contributed by atoms with Gasteiger partial charge in [-0.25, -0.2) is 22.9 Å². The number of hydrogen-bond acceptors (Lipinski definition) is 9. The number of nitrogens with zero attached hydrogens (tertiary/aromatic N) is 7. The number of rotatable bonds is 4. The molecule has 1 aromatic carbocycles. The molecule has 1 aliphatic carbocycles. The number of aliphatic hydroxyl groups excluding tert-OH is 1. The molecule has 0 spiro atoms. The fraction of sp³-hybridized carbons (Fsp3) is 0.478. The normalized spacial score (nSPS) is 28.1. The Hall–Kier alpha value is -3.32. The molecule has 38 heavy (non-hydrogen) atoms. The first kappa shape index (κ1) is 25.0. The summed E-state index contributed by atoms with van der Waals surface area (Å²) in [4.78, 5) is 9.38. The van der Waals surface area contributed by atoms with Crippen LogP contribution in [0.3, 0.4) is 0 Å². The molecule has 2 aromatic heterocycles. The number of nitrogen functional groups attached to an aromatic ring is 1. The summed E-state index contributed by atoms with van der Waals surface area (Å²) < 4.78 is 69.6. The zero-order chi connectivity index (χ0) is 27.1. The maximum Gasteiger partial charge on any atom is 0.453 e. The summed E-state index contributed by atoms with van der Waals surface area (Å²) in [5.74, 6) is -1.91. The predicted octanol–water partition coefficient (Wildman–Crippen LogP) is 1.42. The van der Waals surface area contributed by atoms with Gasteiger partial charge in [0, 0.05) is 30.6 Å². The zero-order valence-corrected chi connectivity index (χ0v) is 20.9. The van der Waals surface area contributed by atoms with Gasteiger partial charge in [-0.3, -0.25) is 4.90 Å². The van der Waals surface area contributed by atoms with Crippen LogP contribution < -0.4 is 5.73 Å². The van der Waals surface area contributed by atoms with Crippen LogP contribution in [0.15, 0.2) is 29.3 Å². The Morgan fingerprint density at radius 2 is 1.95 bits per heavy atom. The molecule has 2 aliphatic heterocycles. The highest BCUT2D eigenvalue weighted by molar-refractivity contribution is 7.89. The molecule has 1 saturated carbocycles. The van der Waals surface area contributed by atoms with E-state index in [2.05, 4.69) is 26.0 Å². The number of nitriles is 1. The van der Waals surface area contributed by atoms with Crippen LogP contribution in [0.5, 0.6) is 0 Å². The highest BCUT2D eigenvalue weighted by Gasteiger charge is 2.57. The first-order valence-electron chi connectivity index (χ1n) is 11.9. The van der Waals surface area contributed by atoms with Gasteiger partial charge in [0.2, 0.25) is 10.0 Å². The van der Waals surface area contributed by atoms with Crippen LogP contribution in [0, 0.1) is 24.2 Å². The Bertz CT molecular complexity index is 1600. The number of sulfonamides is 1. The zero-order valence-electron chi connectivity index (χ0n) is 20.0. The van der Waals surface area contributed by atoms with E-state index < -0.39 is 40.0 Å². The van der Waals surface area contributed by atoms with Crippen LogP contribution in [0.1, 0.15) is 24.2 Å². The van der Waals surface area contributed by atoms with E-state index in [1.54, 1.807) is 13.0 Å². The van der Waals surface area contributed by atoms with E-state index in [0.717, 1.165) is 4.52 Å². The van der Waals surface area contributed by atoms with Crippen molar-refractivity contribution in [2.45, 2.75) is 55.1 Å². The lowest BCUT2D eigenvalue weighted by Crippen LogP contribution is -2.55. The van der Waals surface area contributed by atoms with Gasteiger partial charge < -0.3 is 10.8 Å². The second-order valence-corrected chi connectivity index (χ2v) is 11.9. The number of piperazine rings is 1. The molecule has 0 amide bonds. The number of imidazole rings is 1. The third-order valence-electron chi connectivity index (χ3n) is 7.85. The smallest absolute Gasteiger partial charge is 0.390 e. The number of benzene rings is 1. The standard InChI is InChI=1S/C23H23F3N8O3S/c1-11-2-3-14(6-15(11)16-8-29-21-20(28)30-22(23(24,25)26)31-34(16)21)38(36,37)33-10-17-19(35)18(33)9-32(17)13-4-12(5-13)7-27/h2-3,6,8,12-13,17-19,35H,4-5,9-10H2,1H3,(H2,28,30,31). The maximum absolute atomic E-state index is 13.7. The number of halogens is 3. The molecular weight excluding hydrogens is 525 g/mol. The molecule has 2 bridgehead atoms. The molecule has 4 heterocycles. The highest BCUT2D eigenvalue weighted by Crippen LogP contribution is 2.42. The lowest BCUT2D eigenvalue weighted by Gasteiger charge is -2.43. The summed E-state index contributed by atoms with van der Waals surface area (Å²) in [7, 11) is -4.05. The molecule has 200 valence electrons. The average molecular weight is 549 g/mol. The summed E-state index contributed by atoms with van der Waals surface area (Å²) in [5.41, 5.74) is 6.63. The molecule has 2 saturated heterocycles. The van der Waals surface area contributed by atoms with E-state index in [9.17, 15) is 26.7 Å². The van der Waals surface area contributed by atoms with Gasteiger partial charge in [0.25, 0.3) is 5.82 Å². The van der Waals surface area contributed by atoms with Gasteiger partial charge in [0.1, 0.15) is 0 Å². The van der Waals surface area contributed by atoms with Crippen LogP contribution in [-0.4, -0.2) is 79.6 Å². The Labute approximate surface area is 215 Å². The fourth-order valence-electron chi connectivity index (χ4n) is 5.75. The number of aryl methyl sites for hydroxylation is 1. The van der Waals surface area contributed by atoms with E-state index in [-0.39, 0.29) is 40.8 Å². The maximum atomic E-state index is 13.7. The van der Waals surface area contributed by atoms with Gasteiger partial charge in [-0.2, -0.15) is 22.7 Å². The molecule has 3 N–H and O–H groups in total. The largest absolute Gasteiger partial charge is 0.453 e. The number of hydrogen-bond donors (Lipinski definition) is 2. The van der Waals surface area contributed by atoms with Crippen molar-refractivity contribution in [1.29, 1.82) is 5.26 Å². The number of anilines is 1. The second kappa shape index (κ2) is 8.34. The van der Waals surface area contributed by atoms with Crippen molar-refractivity contribution in [1.82, 2.24) is 28.8 Å². The van der Waals surface area contributed by atoms with Gasteiger partial charge in [-0.05, 0) is 37.5 Å². The number of aliphatic hydroxyl groups is 1. The summed E-state index contributed by atoms with van der Waals surface area (Å²) in [6.45, 7) is 2.17. The monoisotopic (exact) mass is 548 g/mol. The lowest BCUT2D eigenvalue weighted by molar-refractivity contribution is -0.145. The van der Waals surface area contributed by atoms with Crippen LogP contribution in [-0.2, 0) is 16.2 Å². The Balaban J connectivity index is 1.33. The molecule has 0 radical (unpaired) electrons. The van der Waals surface area contributed by atoms with E-state index in [1.165, 1.54) is 22.6 Å². The van der Waals surface area contributed by atoms with Gasteiger partial charge >= 0.3 is 6.18 Å². The van der Waals surface area contributed by atoms with E-state index in [0.29, 0.717) is 30.5 Å². The lowest BCUT2D eigenvalue weighted by atomic mass is 9.80. The molecule has 3 unspecified atom stereocenters. The highest BCUT2D eigenvalue weighted by atomic mass is 32.2. The number of alkyl halides is 3. The van der Waals surface area contributed by atoms with Gasteiger partial charge in [-0.1, -0.05) is 6.07 Å². The molecule has 3 aromatic rings. The Morgan fingerprint density at radius 3 is 2.58 bits per heavy atom. The molecular formula is C23H23F3N8O3S. The SMILES string of the molecule is Cc1ccc(S(=O)(=O)N2CC3C(O)C2CN3C2CC(C#N)C2)cc1-c1cnc2c(N)nc(C(F)(F)F)nn12. The topological polar surface area (TPSA) is 154 Å².